The minimum atomic E-state index is -1.07. The number of terminal acetylenes is 1. The number of rotatable bonds is 7. The Kier molecular flexibility index (Phi) is 6.82. The van der Waals surface area contributed by atoms with Crippen LogP contribution in [0.5, 0.6) is 0 Å². The Labute approximate surface area is 125 Å². The van der Waals surface area contributed by atoms with Crippen LogP contribution in [0.4, 0.5) is 4.79 Å². The van der Waals surface area contributed by atoms with Gasteiger partial charge in [-0.2, -0.15) is 0 Å². The average molecular weight is 288 g/mol. The summed E-state index contributed by atoms with van der Waals surface area (Å²) in [5.41, 5.74) is 0.851. The van der Waals surface area contributed by atoms with Crippen LogP contribution in [0, 0.1) is 12.3 Å². The highest BCUT2D eigenvalue weighted by Crippen LogP contribution is 2.04. The van der Waals surface area contributed by atoms with Crippen LogP contribution in [-0.2, 0) is 11.2 Å². The van der Waals surface area contributed by atoms with Crippen LogP contribution < -0.4 is 5.32 Å². The third-order valence-corrected chi connectivity index (χ3v) is 2.94. The van der Waals surface area contributed by atoms with Gasteiger partial charge >= 0.3 is 12.0 Å². The molecule has 2 N–H and O–H groups in total. The number of carbonyl (C=O) groups excluding carboxylic acids is 1. The number of urea groups is 1. The molecule has 0 aliphatic rings. The van der Waals surface area contributed by atoms with E-state index in [1.807, 2.05) is 37.3 Å². The molecule has 1 rings (SSSR count). The smallest absolute Gasteiger partial charge is 0.326 e. The molecule has 0 heterocycles. The van der Waals surface area contributed by atoms with Gasteiger partial charge in [-0.1, -0.05) is 43.2 Å². The number of nitrogens with one attached hydrogen (secondary N) is 1. The van der Waals surface area contributed by atoms with Gasteiger partial charge < -0.3 is 15.3 Å². The number of amides is 2. The second kappa shape index (κ2) is 8.64. The van der Waals surface area contributed by atoms with Gasteiger partial charge in [-0.3, -0.25) is 0 Å². The summed E-state index contributed by atoms with van der Waals surface area (Å²) in [5, 5.41) is 11.8. The van der Waals surface area contributed by atoms with E-state index >= 15 is 0 Å². The molecule has 0 aliphatic heterocycles. The van der Waals surface area contributed by atoms with Crippen molar-refractivity contribution in [2.24, 2.45) is 0 Å². The molecule has 0 bridgehead atoms. The van der Waals surface area contributed by atoms with E-state index in [1.54, 1.807) is 0 Å². The summed E-state index contributed by atoms with van der Waals surface area (Å²) >= 11 is 0. The molecule has 5 heteroatoms. The first-order valence-corrected chi connectivity index (χ1v) is 6.84. The van der Waals surface area contributed by atoms with Crippen molar-refractivity contribution in [1.29, 1.82) is 0 Å². The Morgan fingerprint density at radius 3 is 2.57 bits per heavy atom. The standard InChI is InChI=1S/C16H20N2O3/c1-3-10-18(11-4-2)16(21)17-14(15(19)20)12-13-8-6-5-7-9-13/h1,5-9,14H,4,10-12H2,2H3,(H,17,21)(H,19,20)/t14-/m0/s1. The van der Waals surface area contributed by atoms with Gasteiger partial charge in [0.1, 0.15) is 6.04 Å². The molecule has 0 spiro atoms. The van der Waals surface area contributed by atoms with E-state index < -0.39 is 18.0 Å². The third kappa shape index (κ3) is 5.57. The van der Waals surface area contributed by atoms with Crippen LogP contribution in [0.15, 0.2) is 30.3 Å². The maximum absolute atomic E-state index is 12.1. The Balaban J connectivity index is 2.71. The van der Waals surface area contributed by atoms with E-state index in [2.05, 4.69) is 11.2 Å². The number of benzene rings is 1. The monoisotopic (exact) mass is 288 g/mol. The third-order valence-electron chi connectivity index (χ3n) is 2.94. The molecule has 1 atom stereocenters. The number of carboxylic acid groups (broad SMARTS) is 1. The molecule has 0 saturated carbocycles. The summed E-state index contributed by atoms with van der Waals surface area (Å²) in [6.07, 6.45) is 6.21. The van der Waals surface area contributed by atoms with Crippen molar-refractivity contribution in [3.63, 3.8) is 0 Å². The van der Waals surface area contributed by atoms with Crippen molar-refractivity contribution in [3.8, 4) is 12.3 Å². The molecular weight excluding hydrogens is 268 g/mol. The van der Waals surface area contributed by atoms with Crippen molar-refractivity contribution in [2.75, 3.05) is 13.1 Å². The van der Waals surface area contributed by atoms with Gasteiger partial charge in [0, 0.05) is 13.0 Å². The van der Waals surface area contributed by atoms with Crippen molar-refractivity contribution < 1.29 is 14.7 Å². The minimum absolute atomic E-state index is 0.164. The number of hydrogen-bond donors (Lipinski definition) is 2. The molecule has 1 aromatic rings. The Morgan fingerprint density at radius 2 is 2.05 bits per heavy atom. The van der Waals surface area contributed by atoms with E-state index in [1.165, 1.54) is 4.90 Å². The Morgan fingerprint density at radius 1 is 1.38 bits per heavy atom. The van der Waals surface area contributed by atoms with Gasteiger partial charge in [0.25, 0.3) is 0 Å². The number of nitrogens with zero attached hydrogens (tertiary/aromatic N) is 1. The first kappa shape index (κ1) is 16.6. The van der Waals surface area contributed by atoms with Crippen LogP contribution >= 0.6 is 0 Å². The zero-order valence-corrected chi connectivity index (χ0v) is 12.1. The highest BCUT2D eigenvalue weighted by molar-refractivity contribution is 5.83. The second-order valence-corrected chi connectivity index (χ2v) is 4.66. The first-order valence-electron chi connectivity index (χ1n) is 6.84. The molecule has 0 saturated heterocycles. The van der Waals surface area contributed by atoms with E-state index in [4.69, 9.17) is 6.42 Å². The predicted octanol–water partition coefficient (Wildman–Crippen LogP) is 1.74. The van der Waals surface area contributed by atoms with Gasteiger partial charge in [-0.05, 0) is 12.0 Å². The fourth-order valence-corrected chi connectivity index (χ4v) is 1.92. The van der Waals surface area contributed by atoms with E-state index in [0.717, 1.165) is 12.0 Å². The summed E-state index contributed by atoms with van der Waals surface area (Å²) < 4.78 is 0. The highest BCUT2D eigenvalue weighted by Gasteiger charge is 2.22. The molecule has 0 fully saturated rings. The molecule has 21 heavy (non-hydrogen) atoms. The lowest BCUT2D eigenvalue weighted by atomic mass is 10.1. The maximum atomic E-state index is 12.1. The van der Waals surface area contributed by atoms with Crippen molar-refractivity contribution >= 4 is 12.0 Å². The minimum Gasteiger partial charge on any atom is -0.480 e. The summed E-state index contributed by atoms with van der Waals surface area (Å²) in [4.78, 5) is 24.8. The number of hydrogen-bond acceptors (Lipinski definition) is 2. The zero-order valence-electron chi connectivity index (χ0n) is 12.1. The summed E-state index contributed by atoms with van der Waals surface area (Å²) in [7, 11) is 0. The fourth-order valence-electron chi connectivity index (χ4n) is 1.92. The quantitative estimate of drug-likeness (QED) is 0.751. The van der Waals surface area contributed by atoms with E-state index in [-0.39, 0.29) is 13.0 Å². The average Bonchev–Trinajstić information content (AvgIpc) is 2.47. The zero-order chi connectivity index (χ0) is 15.7. The van der Waals surface area contributed by atoms with Crippen LogP contribution in [-0.4, -0.2) is 41.1 Å². The van der Waals surface area contributed by atoms with Gasteiger partial charge in [0.2, 0.25) is 0 Å². The SMILES string of the molecule is C#CCN(CCC)C(=O)N[C@@H](Cc1ccccc1)C(=O)O. The Bertz CT molecular complexity index is 508. The molecule has 0 radical (unpaired) electrons. The molecular formula is C16H20N2O3. The molecule has 0 unspecified atom stereocenters. The Hall–Kier alpha value is -2.48. The highest BCUT2D eigenvalue weighted by atomic mass is 16.4. The second-order valence-electron chi connectivity index (χ2n) is 4.66. The number of carboxylic acids is 1. The number of carbonyl (C=O) groups is 2. The lowest BCUT2D eigenvalue weighted by Crippen LogP contribution is -2.49. The van der Waals surface area contributed by atoms with Gasteiger partial charge in [0.05, 0.1) is 6.54 Å². The van der Waals surface area contributed by atoms with Crippen LogP contribution in [0.1, 0.15) is 18.9 Å². The van der Waals surface area contributed by atoms with Crippen molar-refractivity contribution in [1.82, 2.24) is 10.2 Å². The molecule has 0 aliphatic carbocycles. The molecule has 0 aromatic heterocycles. The van der Waals surface area contributed by atoms with Crippen LogP contribution in [0.3, 0.4) is 0 Å². The van der Waals surface area contributed by atoms with Gasteiger partial charge in [-0.15, -0.1) is 6.42 Å². The van der Waals surface area contributed by atoms with Crippen LogP contribution in [0.2, 0.25) is 0 Å². The van der Waals surface area contributed by atoms with E-state index in [0.29, 0.717) is 6.54 Å². The topological polar surface area (TPSA) is 69.6 Å². The molecule has 5 nitrogen and oxygen atoms in total. The fraction of sp³-hybridized carbons (Fsp3) is 0.375. The molecule has 1 aromatic carbocycles. The van der Waals surface area contributed by atoms with Crippen molar-refractivity contribution in [3.05, 3.63) is 35.9 Å². The summed E-state index contributed by atoms with van der Waals surface area (Å²) in [6, 6.07) is 7.75. The normalized spacial score (nSPS) is 11.2. The van der Waals surface area contributed by atoms with Crippen molar-refractivity contribution in [2.45, 2.75) is 25.8 Å². The lowest BCUT2D eigenvalue weighted by molar-refractivity contribution is -0.139. The molecule has 2 amide bonds. The van der Waals surface area contributed by atoms with Crippen LogP contribution in [0.25, 0.3) is 0 Å². The first-order chi connectivity index (χ1) is 10.1. The van der Waals surface area contributed by atoms with Gasteiger partial charge in [-0.25, -0.2) is 9.59 Å². The van der Waals surface area contributed by atoms with E-state index in [9.17, 15) is 14.7 Å². The number of aliphatic carboxylic acids is 1. The lowest BCUT2D eigenvalue weighted by Gasteiger charge is -2.23. The largest absolute Gasteiger partial charge is 0.480 e. The predicted molar refractivity (Wildman–Crippen MR) is 80.8 cm³/mol. The molecule has 112 valence electrons. The summed E-state index contributed by atoms with van der Waals surface area (Å²) in [5.74, 6) is 1.34. The van der Waals surface area contributed by atoms with Gasteiger partial charge in [0.15, 0.2) is 0 Å². The maximum Gasteiger partial charge on any atom is 0.326 e. The summed E-state index contributed by atoms with van der Waals surface area (Å²) in [6.45, 7) is 2.58.